The molecule has 3 nitrogen and oxygen atoms in total. The van der Waals surface area contributed by atoms with Crippen LogP contribution in [-0.2, 0) is 0 Å². The van der Waals surface area contributed by atoms with Crippen molar-refractivity contribution in [2.75, 3.05) is 13.1 Å². The molecule has 1 aromatic rings. The summed E-state index contributed by atoms with van der Waals surface area (Å²) in [5, 5.41) is 9.33. The van der Waals surface area contributed by atoms with E-state index < -0.39 is 0 Å². The summed E-state index contributed by atoms with van der Waals surface area (Å²) in [6, 6.07) is 6.51. The molecule has 0 aliphatic carbocycles. The molecule has 0 aliphatic rings. The normalized spacial score (nSPS) is 10.1. The van der Waals surface area contributed by atoms with Crippen molar-refractivity contribution in [2.24, 2.45) is 0 Å². The second kappa shape index (κ2) is 6.16. The summed E-state index contributed by atoms with van der Waals surface area (Å²) < 4.78 is 0. The smallest absolute Gasteiger partial charge is 0.253 e. The van der Waals surface area contributed by atoms with E-state index in [-0.39, 0.29) is 11.7 Å². The van der Waals surface area contributed by atoms with Crippen LogP contribution in [0.1, 0.15) is 37.0 Å². The van der Waals surface area contributed by atoms with Crippen LogP contribution < -0.4 is 0 Å². The topological polar surface area (TPSA) is 40.5 Å². The lowest BCUT2D eigenvalue weighted by Crippen LogP contribution is -2.32. The molecule has 0 aromatic heterocycles. The summed E-state index contributed by atoms with van der Waals surface area (Å²) in [4.78, 5) is 13.9. The Kier molecular flexibility index (Phi) is 4.83. The molecule has 1 aromatic carbocycles. The average Bonchev–Trinajstić information content (AvgIpc) is 2.28. The van der Waals surface area contributed by atoms with Crippen molar-refractivity contribution in [3.05, 3.63) is 29.8 Å². The first kappa shape index (κ1) is 12.6. The quantitative estimate of drug-likeness (QED) is 0.830. The van der Waals surface area contributed by atoms with Gasteiger partial charge in [0.05, 0.1) is 0 Å². The van der Waals surface area contributed by atoms with Gasteiger partial charge in [-0.2, -0.15) is 0 Å². The molecule has 1 amide bonds. The third kappa shape index (κ3) is 3.26. The zero-order chi connectivity index (χ0) is 12.0. The van der Waals surface area contributed by atoms with E-state index in [1.54, 1.807) is 18.2 Å². The molecule has 0 aliphatic heterocycles. The Morgan fingerprint density at radius 3 is 2.38 bits per heavy atom. The van der Waals surface area contributed by atoms with Crippen LogP contribution in [0.5, 0.6) is 5.75 Å². The standard InChI is InChI=1S/C13H19NO2/c1-3-8-14(9-4-2)13(16)11-6-5-7-12(15)10-11/h5-7,10,15H,3-4,8-9H2,1-2H3. The van der Waals surface area contributed by atoms with E-state index in [1.165, 1.54) is 6.07 Å². The molecule has 0 saturated heterocycles. The van der Waals surface area contributed by atoms with Crippen molar-refractivity contribution < 1.29 is 9.90 Å². The van der Waals surface area contributed by atoms with Gasteiger partial charge < -0.3 is 10.0 Å². The van der Waals surface area contributed by atoms with Crippen molar-refractivity contribution in [1.29, 1.82) is 0 Å². The van der Waals surface area contributed by atoms with Gasteiger partial charge in [-0.05, 0) is 31.0 Å². The van der Waals surface area contributed by atoms with Crippen molar-refractivity contribution in [3.8, 4) is 5.75 Å². The van der Waals surface area contributed by atoms with E-state index >= 15 is 0 Å². The summed E-state index contributed by atoms with van der Waals surface area (Å²) in [5.74, 6) is 0.137. The van der Waals surface area contributed by atoms with E-state index in [9.17, 15) is 9.90 Å². The number of rotatable bonds is 5. The number of phenolic OH excluding ortho intramolecular Hbond substituents is 1. The van der Waals surface area contributed by atoms with Crippen LogP contribution in [0.15, 0.2) is 24.3 Å². The molecule has 16 heavy (non-hydrogen) atoms. The maximum absolute atomic E-state index is 12.1. The third-order valence-corrected chi connectivity index (χ3v) is 2.37. The number of carbonyl (C=O) groups is 1. The lowest BCUT2D eigenvalue weighted by atomic mass is 10.2. The highest BCUT2D eigenvalue weighted by Crippen LogP contribution is 2.13. The van der Waals surface area contributed by atoms with Crippen molar-refractivity contribution >= 4 is 5.91 Å². The number of phenols is 1. The zero-order valence-corrected chi connectivity index (χ0v) is 9.94. The van der Waals surface area contributed by atoms with Crippen LogP contribution in [0.4, 0.5) is 0 Å². The Bertz CT molecular complexity index is 344. The number of hydrogen-bond acceptors (Lipinski definition) is 2. The van der Waals surface area contributed by atoms with Gasteiger partial charge in [-0.15, -0.1) is 0 Å². The molecule has 0 fully saturated rings. The number of carbonyl (C=O) groups excluding carboxylic acids is 1. The van der Waals surface area contributed by atoms with E-state index in [4.69, 9.17) is 0 Å². The first-order valence-corrected chi connectivity index (χ1v) is 5.77. The summed E-state index contributed by atoms with van der Waals surface area (Å²) in [6.45, 7) is 5.64. The van der Waals surface area contributed by atoms with Gasteiger partial charge in [0.15, 0.2) is 0 Å². The first-order valence-electron chi connectivity index (χ1n) is 5.77. The largest absolute Gasteiger partial charge is 0.508 e. The summed E-state index contributed by atoms with van der Waals surface area (Å²) in [7, 11) is 0. The first-order chi connectivity index (χ1) is 7.69. The lowest BCUT2D eigenvalue weighted by molar-refractivity contribution is 0.0755. The summed E-state index contributed by atoms with van der Waals surface area (Å²) in [6.07, 6.45) is 1.90. The van der Waals surface area contributed by atoms with Gasteiger partial charge in [0.2, 0.25) is 0 Å². The maximum Gasteiger partial charge on any atom is 0.253 e. The number of nitrogens with zero attached hydrogens (tertiary/aromatic N) is 1. The molecule has 0 heterocycles. The minimum atomic E-state index is -0.000370. The molecule has 1 rings (SSSR count). The van der Waals surface area contributed by atoms with Crippen LogP contribution in [0.3, 0.4) is 0 Å². The Morgan fingerprint density at radius 2 is 1.88 bits per heavy atom. The number of benzene rings is 1. The van der Waals surface area contributed by atoms with Crippen LogP contribution >= 0.6 is 0 Å². The van der Waals surface area contributed by atoms with Gasteiger partial charge in [-0.1, -0.05) is 19.9 Å². The highest BCUT2D eigenvalue weighted by atomic mass is 16.3. The number of aromatic hydroxyl groups is 1. The highest BCUT2D eigenvalue weighted by molar-refractivity contribution is 5.94. The van der Waals surface area contributed by atoms with Crippen molar-refractivity contribution in [3.63, 3.8) is 0 Å². The Labute approximate surface area is 96.7 Å². The molecule has 0 atom stereocenters. The fourth-order valence-corrected chi connectivity index (χ4v) is 1.68. The van der Waals surface area contributed by atoms with Gasteiger partial charge in [-0.3, -0.25) is 4.79 Å². The molecule has 1 N–H and O–H groups in total. The average molecular weight is 221 g/mol. The number of hydrogen-bond donors (Lipinski definition) is 1. The molecule has 0 unspecified atom stereocenters. The molecule has 0 bridgehead atoms. The van der Waals surface area contributed by atoms with Gasteiger partial charge in [0.1, 0.15) is 5.75 Å². The van der Waals surface area contributed by atoms with Crippen LogP contribution in [-0.4, -0.2) is 29.0 Å². The summed E-state index contributed by atoms with van der Waals surface area (Å²) >= 11 is 0. The maximum atomic E-state index is 12.1. The Hall–Kier alpha value is -1.51. The minimum Gasteiger partial charge on any atom is -0.508 e. The third-order valence-electron chi connectivity index (χ3n) is 2.37. The van der Waals surface area contributed by atoms with Gasteiger partial charge in [-0.25, -0.2) is 0 Å². The SMILES string of the molecule is CCCN(CCC)C(=O)c1cccc(O)c1. The van der Waals surface area contributed by atoms with Crippen molar-refractivity contribution in [2.45, 2.75) is 26.7 Å². The van der Waals surface area contributed by atoms with Crippen LogP contribution in [0.25, 0.3) is 0 Å². The molecule has 3 heteroatoms. The van der Waals surface area contributed by atoms with E-state index in [0.717, 1.165) is 25.9 Å². The lowest BCUT2D eigenvalue weighted by Gasteiger charge is -2.21. The molecule has 0 saturated carbocycles. The second-order valence-corrected chi connectivity index (χ2v) is 3.84. The van der Waals surface area contributed by atoms with Gasteiger partial charge in [0, 0.05) is 18.7 Å². The Balaban J connectivity index is 2.81. The predicted octanol–water partition coefficient (Wildman–Crippen LogP) is 2.65. The van der Waals surface area contributed by atoms with Crippen molar-refractivity contribution in [1.82, 2.24) is 4.90 Å². The molecular formula is C13H19NO2. The van der Waals surface area contributed by atoms with Gasteiger partial charge in [0.25, 0.3) is 5.91 Å². The minimum absolute atomic E-state index is 0.000370. The van der Waals surface area contributed by atoms with E-state index in [0.29, 0.717) is 5.56 Å². The monoisotopic (exact) mass is 221 g/mol. The fourth-order valence-electron chi connectivity index (χ4n) is 1.68. The summed E-state index contributed by atoms with van der Waals surface area (Å²) in [5.41, 5.74) is 0.557. The van der Waals surface area contributed by atoms with Crippen LogP contribution in [0.2, 0.25) is 0 Å². The molecule has 88 valence electrons. The Morgan fingerprint density at radius 1 is 1.25 bits per heavy atom. The van der Waals surface area contributed by atoms with Crippen LogP contribution in [0, 0.1) is 0 Å². The second-order valence-electron chi connectivity index (χ2n) is 3.84. The van der Waals surface area contributed by atoms with Gasteiger partial charge >= 0.3 is 0 Å². The number of amides is 1. The van der Waals surface area contributed by atoms with E-state index in [2.05, 4.69) is 13.8 Å². The highest BCUT2D eigenvalue weighted by Gasteiger charge is 2.13. The van der Waals surface area contributed by atoms with E-state index in [1.807, 2.05) is 4.90 Å². The molecule has 0 radical (unpaired) electrons. The molecule has 0 spiro atoms. The molecular weight excluding hydrogens is 202 g/mol. The zero-order valence-electron chi connectivity index (χ0n) is 9.94. The predicted molar refractivity (Wildman–Crippen MR) is 64.6 cm³/mol. The fraction of sp³-hybridized carbons (Fsp3) is 0.462.